The van der Waals surface area contributed by atoms with E-state index < -0.39 is 30.0 Å². The zero-order valence-electron chi connectivity index (χ0n) is 20.8. The van der Waals surface area contributed by atoms with E-state index in [2.05, 4.69) is 24.1 Å². The van der Waals surface area contributed by atoms with Gasteiger partial charge in [-0.3, -0.25) is 4.79 Å². The molecule has 3 saturated carbocycles. The van der Waals surface area contributed by atoms with Gasteiger partial charge in [-0.2, -0.15) is 18.2 Å². The SMILES string of the molecule is CCC1(CC)CN(c2nc(C(=O)Nc3cc(O)c(OC4CC5CC(C5)C4)c(Cl)c3)c(CC(F)(F)F)o2)C1. The van der Waals surface area contributed by atoms with Gasteiger partial charge in [0.1, 0.15) is 12.2 Å². The minimum atomic E-state index is -4.59. The van der Waals surface area contributed by atoms with Crippen LogP contribution in [0.1, 0.15) is 68.6 Å². The number of benzene rings is 1. The van der Waals surface area contributed by atoms with Gasteiger partial charge in [-0.15, -0.1) is 0 Å². The van der Waals surface area contributed by atoms with E-state index in [9.17, 15) is 23.1 Å². The normalized spacial score (nSPS) is 24.3. The van der Waals surface area contributed by atoms with Crippen LogP contribution in [0.4, 0.5) is 24.9 Å². The van der Waals surface area contributed by atoms with Gasteiger partial charge >= 0.3 is 6.18 Å². The number of carbonyl (C=O) groups is 1. The molecule has 37 heavy (non-hydrogen) atoms. The van der Waals surface area contributed by atoms with E-state index >= 15 is 0 Å². The molecule has 202 valence electrons. The fourth-order valence-electron chi connectivity index (χ4n) is 5.87. The van der Waals surface area contributed by atoms with E-state index in [-0.39, 0.29) is 39.7 Å². The lowest BCUT2D eigenvalue weighted by molar-refractivity contribution is -0.130. The number of hydrogen-bond acceptors (Lipinski definition) is 6. The summed E-state index contributed by atoms with van der Waals surface area (Å²) in [5, 5.41) is 13.1. The van der Waals surface area contributed by atoms with Gasteiger partial charge in [-0.25, -0.2) is 0 Å². The van der Waals surface area contributed by atoms with Crippen molar-refractivity contribution in [2.45, 2.75) is 71.1 Å². The Hall–Kier alpha value is -2.62. The largest absolute Gasteiger partial charge is 0.504 e. The molecule has 7 nitrogen and oxygen atoms in total. The van der Waals surface area contributed by atoms with Crippen molar-refractivity contribution in [2.24, 2.45) is 17.3 Å². The van der Waals surface area contributed by atoms with Crippen molar-refractivity contribution in [1.29, 1.82) is 0 Å². The number of carbonyl (C=O) groups excluding carboxylic acids is 1. The maximum atomic E-state index is 13.2. The van der Waals surface area contributed by atoms with Crippen LogP contribution in [0.5, 0.6) is 11.5 Å². The van der Waals surface area contributed by atoms with Gasteiger partial charge < -0.3 is 24.5 Å². The van der Waals surface area contributed by atoms with Gasteiger partial charge in [0.15, 0.2) is 17.2 Å². The van der Waals surface area contributed by atoms with Crippen LogP contribution in [-0.2, 0) is 6.42 Å². The lowest BCUT2D eigenvalue weighted by atomic mass is 9.64. The van der Waals surface area contributed by atoms with Crippen molar-refractivity contribution in [3.05, 3.63) is 28.6 Å². The predicted molar refractivity (Wildman–Crippen MR) is 132 cm³/mol. The summed E-state index contributed by atoms with van der Waals surface area (Å²) in [5.41, 5.74) is -0.277. The maximum Gasteiger partial charge on any atom is 0.396 e. The molecule has 0 unspecified atom stereocenters. The average Bonchev–Trinajstić information content (AvgIpc) is 3.18. The fourth-order valence-corrected chi connectivity index (χ4v) is 6.13. The summed E-state index contributed by atoms with van der Waals surface area (Å²) in [6.07, 6.45) is 0.0842. The van der Waals surface area contributed by atoms with Crippen molar-refractivity contribution in [2.75, 3.05) is 23.3 Å². The first-order valence-corrected chi connectivity index (χ1v) is 13.2. The van der Waals surface area contributed by atoms with Crippen LogP contribution in [0.2, 0.25) is 5.02 Å². The number of rotatable bonds is 8. The highest BCUT2D eigenvalue weighted by molar-refractivity contribution is 6.32. The molecule has 1 aliphatic heterocycles. The van der Waals surface area contributed by atoms with Gasteiger partial charge in [0.25, 0.3) is 11.9 Å². The number of aromatic nitrogens is 1. The second-order valence-electron chi connectivity index (χ2n) is 10.8. The quantitative estimate of drug-likeness (QED) is 0.392. The molecule has 1 saturated heterocycles. The molecular weight excluding hydrogens is 511 g/mol. The number of aromatic hydroxyl groups is 1. The Morgan fingerprint density at radius 2 is 1.86 bits per heavy atom. The standard InChI is InChI=1S/C26H31ClF3N3O4/c1-3-25(4-2)12-33(13-25)24-32-21(20(37-24)11-26(28,29)30)23(35)31-16-9-18(27)22(19(34)10-16)36-17-7-14-5-15(6-14)8-17/h9-10,14-15,17,34H,3-8,11-13H2,1-2H3,(H,31,35). The van der Waals surface area contributed by atoms with Crippen molar-refractivity contribution in [3.8, 4) is 11.5 Å². The molecule has 1 aromatic carbocycles. The molecule has 4 fully saturated rings. The van der Waals surface area contributed by atoms with Crippen LogP contribution < -0.4 is 15.0 Å². The number of oxazole rings is 1. The summed E-state index contributed by atoms with van der Waals surface area (Å²) < 4.78 is 51.1. The van der Waals surface area contributed by atoms with Crippen LogP contribution in [0.3, 0.4) is 0 Å². The highest BCUT2D eigenvalue weighted by Gasteiger charge is 2.43. The number of nitrogens with one attached hydrogen (secondary N) is 1. The van der Waals surface area contributed by atoms with E-state index in [1.807, 2.05) is 0 Å². The molecule has 6 rings (SSSR count). The topological polar surface area (TPSA) is 87.8 Å². The lowest BCUT2D eigenvalue weighted by Gasteiger charge is -2.49. The number of amides is 1. The van der Waals surface area contributed by atoms with E-state index in [1.165, 1.54) is 25.0 Å². The lowest BCUT2D eigenvalue weighted by Crippen LogP contribution is -2.56. The number of hydrogen-bond donors (Lipinski definition) is 2. The summed E-state index contributed by atoms with van der Waals surface area (Å²) in [4.78, 5) is 18.9. The predicted octanol–water partition coefficient (Wildman–Crippen LogP) is 6.58. The van der Waals surface area contributed by atoms with Gasteiger partial charge in [0.2, 0.25) is 0 Å². The molecule has 0 atom stereocenters. The van der Waals surface area contributed by atoms with E-state index in [0.29, 0.717) is 24.9 Å². The molecule has 2 N–H and O–H groups in total. The average molecular weight is 542 g/mol. The second-order valence-corrected chi connectivity index (χ2v) is 11.2. The smallest absolute Gasteiger partial charge is 0.396 e. The molecule has 0 spiro atoms. The third kappa shape index (κ3) is 5.35. The van der Waals surface area contributed by atoms with Gasteiger partial charge in [0, 0.05) is 30.3 Å². The zero-order chi connectivity index (χ0) is 26.5. The summed E-state index contributed by atoms with van der Waals surface area (Å²) in [5.74, 6) is -0.258. The molecule has 1 aromatic heterocycles. The van der Waals surface area contributed by atoms with Crippen LogP contribution in [0.15, 0.2) is 16.5 Å². The van der Waals surface area contributed by atoms with Crippen molar-refractivity contribution < 1.29 is 32.2 Å². The molecule has 2 aromatic rings. The number of phenols is 1. The third-order valence-corrected chi connectivity index (χ3v) is 8.46. The van der Waals surface area contributed by atoms with Crippen molar-refractivity contribution in [1.82, 2.24) is 4.98 Å². The molecule has 3 aliphatic carbocycles. The Morgan fingerprint density at radius 3 is 2.43 bits per heavy atom. The maximum absolute atomic E-state index is 13.2. The first kappa shape index (κ1) is 26.0. The van der Waals surface area contributed by atoms with Crippen molar-refractivity contribution >= 4 is 29.2 Å². The number of nitrogens with zero attached hydrogens (tertiary/aromatic N) is 2. The Balaban J connectivity index is 1.32. The van der Waals surface area contributed by atoms with Crippen molar-refractivity contribution in [3.63, 3.8) is 0 Å². The van der Waals surface area contributed by atoms with E-state index in [4.69, 9.17) is 20.8 Å². The molecule has 2 bridgehead atoms. The Bertz CT molecular complexity index is 1130. The summed E-state index contributed by atoms with van der Waals surface area (Å²) in [6, 6.07) is 2.66. The number of anilines is 2. The molecule has 0 radical (unpaired) electrons. The summed E-state index contributed by atoms with van der Waals surface area (Å²) in [6.45, 7) is 5.33. The number of ether oxygens (including phenoxy) is 1. The van der Waals surface area contributed by atoms with Gasteiger partial charge in [-0.1, -0.05) is 25.4 Å². The highest BCUT2D eigenvalue weighted by Crippen LogP contribution is 2.48. The number of fused-ring (bicyclic) bond motifs is 2. The Kier molecular flexibility index (Phi) is 6.75. The van der Waals surface area contributed by atoms with E-state index in [1.54, 1.807) is 4.90 Å². The molecule has 11 heteroatoms. The number of halogens is 4. The Morgan fingerprint density at radius 1 is 1.22 bits per heavy atom. The first-order chi connectivity index (χ1) is 17.5. The van der Waals surface area contributed by atoms with Crippen LogP contribution >= 0.6 is 11.6 Å². The van der Waals surface area contributed by atoms with Crippen LogP contribution in [0.25, 0.3) is 0 Å². The zero-order valence-corrected chi connectivity index (χ0v) is 21.6. The van der Waals surface area contributed by atoms with E-state index in [0.717, 1.165) is 25.7 Å². The minimum Gasteiger partial charge on any atom is -0.504 e. The monoisotopic (exact) mass is 541 g/mol. The molecule has 4 aliphatic rings. The molecular formula is C26H31ClF3N3O4. The van der Waals surface area contributed by atoms with Crippen LogP contribution in [-0.4, -0.2) is 41.4 Å². The highest BCUT2D eigenvalue weighted by atomic mass is 35.5. The first-order valence-electron chi connectivity index (χ1n) is 12.8. The molecule has 1 amide bonds. The van der Waals surface area contributed by atoms with Crippen LogP contribution in [0, 0.1) is 17.3 Å². The minimum absolute atomic E-state index is 0.00270. The summed E-state index contributed by atoms with van der Waals surface area (Å²) in [7, 11) is 0. The Labute approximate surface area is 218 Å². The second kappa shape index (κ2) is 9.60. The fraction of sp³-hybridized carbons (Fsp3) is 0.615. The number of phenolic OH excluding ortho intramolecular Hbond substituents is 1. The number of alkyl halides is 3. The van der Waals surface area contributed by atoms with Gasteiger partial charge in [-0.05, 0) is 56.4 Å². The molecule has 2 heterocycles. The van der Waals surface area contributed by atoms with Gasteiger partial charge in [0.05, 0.1) is 11.1 Å². The third-order valence-electron chi connectivity index (χ3n) is 8.18. The summed E-state index contributed by atoms with van der Waals surface area (Å²) >= 11 is 6.35.